The summed E-state index contributed by atoms with van der Waals surface area (Å²) in [6.45, 7) is 6.29. The molecule has 5 nitrogen and oxygen atoms in total. The molecule has 0 unspecified atom stereocenters. The number of rotatable bonds is 8. The number of nitrogens with zero attached hydrogens (tertiary/aromatic N) is 2. The number of aryl methyl sites for hydroxylation is 1. The molecular formula is C29H31ClN2O3. The van der Waals surface area contributed by atoms with Crippen molar-refractivity contribution in [2.24, 2.45) is 0 Å². The second kappa shape index (κ2) is 11.9. The Labute approximate surface area is 212 Å². The van der Waals surface area contributed by atoms with E-state index in [4.69, 9.17) is 21.1 Å². The van der Waals surface area contributed by atoms with Crippen molar-refractivity contribution in [2.75, 3.05) is 33.3 Å². The predicted molar refractivity (Wildman–Crippen MR) is 141 cm³/mol. The van der Waals surface area contributed by atoms with Gasteiger partial charge < -0.3 is 14.4 Å². The first kappa shape index (κ1) is 24.8. The number of ether oxygens (including phenoxy) is 2. The van der Waals surface area contributed by atoms with Gasteiger partial charge in [-0.25, -0.2) is 0 Å². The maximum atomic E-state index is 12.8. The van der Waals surface area contributed by atoms with Gasteiger partial charge in [-0.3, -0.25) is 9.69 Å². The van der Waals surface area contributed by atoms with Crippen LogP contribution in [-0.4, -0.2) is 49.0 Å². The van der Waals surface area contributed by atoms with E-state index in [1.165, 1.54) is 5.56 Å². The molecular weight excluding hydrogens is 460 g/mol. The minimum atomic E-state index is 0.0238. The molecule has 1 heterocycles. The lowest BCUT2D eigenvalue weighted by atomic mass is 10.1. The summed E-state index contributed by atoms with van der Waals surface area (Å²) in [5.74, 6) is 1.59. The van der Waals surface area contributed by atoms with Gasteiger partial charge in [0.25, 0.3) is 0 Å². The van der Waals surface area contributed by atoms with Crippen molar-refractivity contribution in [1.29, 1.82) is 0 Å². The molecule has 4 rings (SSSR count). The predicted octanol–water partition coefficient (Wildman–Crippen LogP) is 5.59. The molecule has 1 amide bonds. The molecule has 1 fully saturated rings. The highest BCUT2D eigenvalue weighted by atomic mass is 35.5. The third-order valence-corrected chi connectivity index (χ3v) is 6.54. The molecule has 6 heteroatoms. The minimum Gasteiger partial charge on any atom is -0.496 e. The largest absolute Gasteiger partial charge is 0.496 e. The molecule has 182 valence electrons. The fraction of sp³-hybridized carbons (Fsp3) is 0.276. The highest BCUT2D eigenvalue weighted by Gasteiger charge is 2.20. The van der Waals surface area contributed by atoms with Crippen LogP contribution in [0.25, 0.3) is 6.08 Å². The van der Waals surface area contributed by atoms with E-state index < -0.39 is 0 Å². The Balaban J connectivity index is 1.32. The van der Waals surface area contributed by atoms with E-state index in [1.807, 2.05) is 78.6 Å². The van der Waals surface area contributed by atoms with Gasteiger partial charge in [-0.1, -0.05) is 53.6 Å². The molecule has 1 aliphatic rings. The van der Waals surface area contributed by atoms with Crippen molar-refractivity contribution < 1.29 is 14.3 Å². The van der Waals surface area contributed by atoms with Crippen molar-refractivity contribution in [3.8, 4) is 11.5 Å². The lowest BCUT2D eigenvalue weighted by molar-refractivity contribution is -0.127. The Kier molecular flexibility index (Phi) is 8.45. The molecule has 0 spiro atoms. The first-order chi connectivity index (χ1) is 17.0. The molecule has 0 aromatic heterocycles. The van der Waals surface area contributed by atoms with E-state index in [0.29, 0.717) is 19.7 Å². The molecule has 35 heavy (non-hydrogen) atoms. The normalized spacial score (nSPS) is 14.3. The molecule has 1 aliphatic heterocycles. The lowest BCUT2D eigenvalue weighted by Crippen LogP contribution is -2.47. The third kappa shape index (κ3) is 6.87. The van der Waals surface area contributed by atoms with E-state index in [1.54, 1.807) is 13.2 Å². The van der Waals surface area contributed by atoms with E-state index in [2.05, 4.69) is 11.0 Å². The van der Waals surface area contributed by atoms with Gasteiger partial charge in [0.15, 0.2) is 0 Å². The quantitative estimate of drug-likeness (QED) is 0.386. The number of amides is 1. The number of carbonyl (C=O) groups is 1. The van der Waals surface area contributed by atoms with Crippen molar-refractivity contribution in [3.63, 3.8) is 0 Å². The Morgan fingerprint density at radius 3 is 2.43 bits per heavy atom. The zero-order chi connectivity index (χ0) is 24.6. The van der Waals surface area contributed by atoms with Crippen LogP contribution in [0.2, 0.25) is 5.02 Å². The number of hydrogen-bond acceptors (Lipinski definition) is 4. The van der Waals surface area contributed by atoms with Crippen LogP contribution < -0.4 is 9.47 Å². The van der Waals surface area contributed by atoms with E-state index in [-0.39, 0.29) is 5.91 Å². The maximum Gasteiger partial charge on any atom is 0.246 e. The van der Waals surface area contributed by atoms with Crippen molar-refractivity contribution in [2.45, 2.75) is 20.1 Å². The molecule has 0 atom stereocenters. The second-order valence-corrected chi connectivity index (χ2v) is 9.11. The van der Waals surface area contributed by atoms with Crippen LogP contribution in [0.15, 0.2) is 72.8 Å². The van der Waals surface area contributed by atoms with Crippen molar-refractivity contribution >= 4 is 23.6 Å². The van der Waals surface area contributed by atoms with E-state index in [0.717, 1.165) is 52.8 Å². The fourth-order valence-electron chi connectivity index (χ4n) is 4.08. The monoisotopic (exact) mass is 490 g/mol. The van der Waals surface area contributed by atoms with Crippen LogP contribution in [0, 0.1) is 6.92 Å². The molecule has 1 saturated heterocycles. The number of piperazine rings is 1. The summed E-state index contributed by atoms with van der Waals surface area (Å²) in [7, 11) is 1.65. The summed E-state index contributed by atoms with van der Waals surface area (Å²) in [4.78, 5) is 17.0. The molecule has 0 radical (unpaired) electrons. The molecule has 0 bridgehead atoms. The average Bonchev–Trinajstić information content (AvgIpc) is 2.89. The van der Waals surface area contributed by atoms with Crippen LogP contribution in [0.5, 0.6) is 11.5 Å². The maximum absolute atomic E-state index is 12.8. The standard InChI is InChI=1S/C29H31ClN2O3/c1-22-7-11-26(12-8-22)35-21-25-19-23(9-13-28(25)34-2)10-14-29(33)32-17-15-31(16-18-32)20-24-5-3-4-6-27(24)30/h3-14,19H,15-18,20-21H2,1-2H3/b14-10+. The third-order valence-electron chi connectivity index (χ3n) is 6.17. The van der Waals surface area contributed by atoms with Crippen LogP contribution in [0.1, 0.15) is 22.3 Å². The molecule has 3 aromatic carbocycles. The lowest BCUT2D eigenvalue weighted by Gasteiger charge is -2.34. The summed E-state index contributed by atoms with van der Waals surface area (Å²) in [6.07, 6.45) is 3.50. The van der Waals surface area contributed by atoms with Crippen LogP contribution in [-0.2, 0) is 17.9 Å². The molecule has 3 aromatic rings. The fourth-order valence-corrected chi connectivity index (χ4v) is 4.27. The summed E-state index contributed by atoms with van der Waals surface area (Å²) < 4.78 is 11.4. The highest BCUT2D eigenvalue weighted by Crippen LogP contribution is 2.23. The number of hydrogen-bond donors (Lipinski definition) is 0. The zero-order valence-corrected chi connectivity index (χ0v) is 21.0. The van der Waals surface area contributed by atoms with Gasteiger partial charge in [0, 0.05) is 49.4 Å². The van der Waals surface area contributed by atoms with Gasteiger partial charge in [0.2, 0.25) is 5.91 Å². The smallest absolute Gasteiger partial charge is 0.246 e. The minimum absolute atomic E-state index is 0.0238. The SMILES string of the molecule is COc1ccc(/C=C/C(=O)N2CCN(Cc3ccccc3Cl)CC2)cc1COc1ccc(C)cc1. The number of methoxy groups -OCH3 is 1. The Morgan fingerprint density at radius 1 is 0.971 bits per heavy atom. The first-order valence-electron chi connectivity index (χ1n) is 11.8. The first-order valence-corrected chi connectivity index (χ1v) is 12.2. The van der Waals surface area contributed by atoms with Gasteiger partial charge in [0.1, 0.15) is 18.1 Å². The van der Waals surface area contributed by atoms with Crippen LogP contribution in [0.3, 0.4) is 0 Å². The highest BCUT2D eigenvalue weighted by molar-refractivity contribution is 6.31. The second-order valence-electron chi connectivity index (χ2n) is 8.70. The Hall–Kier alpha value is -3.28. The van der Waals surface area contributed by atoms with Gasteiger partial charge in [-0.05, 0) is 54.5 Å². The van der Waals surface area contributed by atoms with Crippen molar-refractivity contribution in [3.05, 3.63) is 100 Å². The van der Waals surface area contributed by atoms with Gasteiger partial charge in [-0.15, -0.1) is 0 Å². The number of carbonyl (C=O) groups excluding carboxylic acids is 1. The number of halogens is 1. The van der Waals surface area contributed by atoms with E-state index in [9.17, 15) is 4.79 Å². The van der Waals surface area contributed by atoms with Gasteiger partial charge >= 0.3 is 0 Å². The summed E-state index contributed by atoms with van der Waals surface area (Å²) in [5.41, 5.74) is 4.17. The van der Waals surface area contributed by atoms with Gasteiger partial charge in [-0.2, -0.15) is 0 Å². The van der Waals surface area contributed by atoms with E-state index >= 15 is 0 Å². The zero-order valence-electron chi connectivity index (χ0n) is 20.2. The molecule has 0 aliphatic carbocycles. The average molecular weight is 491 g/mol. The van der Waals surface area contributed by atoms with Gasteiger partial charge in [0.05, 0.1) is 7.11 Å². The van der Waals surface area contributed by atoms with Crippen molar-refractivity contribution in [1.82, 2.24) is 9.80 Å². The summed E-state index contributed by atoms with van der Waals surface area (Å²) in [5, 5.41) is 0.789. The Morgan fingerprint density at radius 2 is 1.71 bits per heavy atom. The topological polar surface area (TPSA) is 42.0 Å². The molecule has 0 N–H and O–H groups in total. The summed E-state index contributed by atoms with van der Waals surface area (Å²) in [6, 6.07) is 21.7. The van der Waals surface area contributed by atoms with Crippen LogP contribution in [0.4, 0.5) is 0 Å². The molecule has 0 saturated carbocycles. The summed E-state index contributed by atoms with van der Waals surface area (Å²) >= 11 is 6.29. The Bertz CT molecular complexity index is 1170. The van der Waals surface area contributed by atoms with Crippen LogP contribution >= 0.6 is 11.6 Å². The number of benzene rings is 3.